The molecule has 1 aromatic rings. The van der Waals surface area contributed by atoms with Crippen LogP contribution in [0.4, 0.5) is 5.69 Å². The number of hydrogen-bond donors (Lipinski definition) is 1. The monoisotopic (exact) mass is 543 g/mol. The Balaban J connectivity index is 1.57. The number of aliphatic hydroxyl groups is 1. The number of amides is 3. The van der Waals surface area contributed by atoms with Crippen LogP contribution in [0.15, 0.2) is 48.6 Å². The van der Waals surface area contributed by atoms with E-state index in [0.717, 1.165) is 12.8 Å². The van der Waals surface area contributed by atoms with Crippen molar-refractivity contribution in [3.8, 4) is 0 Å². The molecular formula is C28H34ClN3O4S. The highest BCUT2D eigenvalue weighted by Crippen LogP contribution is 2.61. The number of benzene rings is 1. The Morgan fingerprint density at radius 2 is 1.84 bits per heavy atom. The second-order valence-electron chi connectivity index (χ2n) is 10.2. The van der Waals surface area contributed by atoms with Gasteiger partial charge in [-0.15, -0.1) is 11.8 Å². The van der Waals surface area contributed by atoms with Crippen LogP contribution in [0.5, 0.6) is 0 Å². The first-order valence-corrected chi connectivity index (χ1v) is 14.5. The Labute approximate surface area is 227 Å². The SMILES string of the molecule is CCCN1CC=C[C@@H]2S[C@]34C=CCN(c5ccccc5Cl)C(=O)C3N(CCCCCO)C(=O)[C@@H]4[C@@H]2C1=O. The van der Waals surface area contributed by atoms with Gasteiger partial charge in [-0.25, -0.2) is 0 Å². The van der Waals surface area contributed by atoms with Crippen LogP contribution >= 0.6 is 23.4 Å². The van der Waals surface area contributed by atoms with Gasteiger partial charge in [0.1, 0.15) is 6.04 Å². The van der Waals surface area contributed by atoms with E-state index in [1.54, 1.807) is 27.6 Å². The zero-order valence-corrected chi connectivity index (χ0v) is 22.7. The molecule has 5 atom stereocenters. The molecule has 4 heterocycles. The van der Waals surface area contributed by atoms with Crippen molar-refractivity contribution in [1.82, 2.24) is 9.80 Å². The van der Waals surface area contributed by atoms with Crippen LogP contribution in [0.2, 0.25) is 5.02 Å². The summed E-state index contributed by atoms with van der Waals surface area (Å²) in [6.45, 7) is 4.11. The Kier molecular flexibility index (Phi) is 7.70. The summed E-state index contributed by atoms with van der Waals surface area (Å²) in [5.74, 6) is -1.38. The summed E-state index contributed by atoms with van der Waals surface area (Å²) >= 11 is 8.11. The van der Waals surface area contributed by atoms with E-state index < -0.39 is 22.6 Å². The van der Waals surface area contributed by atoms with Gasteiger partial charge in [-0.05, 0) is 37.8 Å². The van der Waals surface area contributed by atoms with E-state index in [1.807, 2.05) is 48.3 Å². The fourth-order valence-electron chi connectivity index (χ4n) is 6.36. The fraction of sp³-hybridized carbons (Fsp3) is 0.536. The second-order valence-corrected chi connectivity index (χ2v) is 12.1. The first-order valence-electron chi connectivity index (χ1n) is 13.2. The van der Waals surface area contributed by atoms with Crippen molar-refractivity contribution in [1.29, 1.82) is 0 Å². The van der Waals surface area contributed by atoms with Crippen molar-refractivity contribution >= 4 is 46.8 Å². The van der Waals surface area contributed by atoms with E-state index in [1.165, 1.54) is 0 Å². The van der Waals surface area contributed by atoms with Gasteiger partial charge in [0.05, 0.1) is 27.3 Å². The molecular weight excluding hydrogens is 510 g/mol. The molecule has 37 heavy (non-hydrogen) atoms. The third-order valence-electron chi connectivity index (χ3n) is 7.94. The van der Waals surface area contributed by atoms with Crippen molar-refractivity contribution in [3.63, 3.8) is 0 Å². The molecule has 0 saturated carbocycles. The van der Waals surface area contributed by atoms with Gasteiger partial charge in [-0.3, -0.25) is 14.4 Å². The normalized spacial score (nSPS) is 30.9. The van der Waals surface area contributed by atoms with Gasteiger partial charge in [-0.1, -0.05) is 55.0 Å². The van der Waals surface area contributed by atoms with Crippen molar-refractivity contribution in [2.75, 3.05) is 37.7 Å². The number of aliphatic hydroxyl groups excluding tert-OH is 1. The number of nitrogens with zero attached hydrogens (tertiary/aromatic N) is 3. The third-order valence-corrected chi connectivity index (χ3v) is 10.00. The van der Waals surface area contributed by atoms with Crippen LogP contribution in [-0.4, -0.2) is 81.5 Å². The predicted octanol–water partition coefficient (Wildman–Crippen LogP) is 3.51. The summed E-state index contributed by atoms with van der Waals surface area (Å²) in [7, 11) is 0. The number of para-hydroxylation sites is 1. The van der Waals surface area contributed by atoms with Crippen molar-refractivity contribution in [3.05, 3.63) is 53.6 Å². The molecule has 3 amide bonds. The molecule has 4 aliphatic rings. The molecule has 0 aliphatic carbocycles. The molecule has 2 saturated heterocycles. The van der Waals surface area contributed by atoms with Gasteiger partial charge in [0.15, 0.2) is 0 Å². The molecule has 0 bridgehead atoms. The minimum atomic E-state index is -0.828. The Morgan fingerprint density at radius 3 is 2.59 bits per heavy atom. The molecule has 1 spiro atoms. The lowest BCUT2D eigenvalue weighted by atomic mass is 9.78. The summed E-state index contributed by atoms with van der Waals surface area (Å²) in [4.78, 5) is 47.6. The molecule has 5 rings (SSSR count). The predicted molar refractivity (Wildman–Crippen MR) is 146 cm³/mol. The quantitative estimate of drug-likeness (QED) is 0.401. The summed E-state index contributed by atoms with van der Waals surface area (Å²) in [5.41, 5.74) is 0.620. The van der Waals surface area contributed by atoms with E-state index in [-0.39, 0.29) is 29.6 Å². The fourth-order valence-corrected chi connectivity index (χ4v) is 8.60. The van der Waals surface area contributed by atoms with Gasteiger partial charge in [-0.2, -0.15) is 0 Å². The van der Waals surface area contributed by atoms with Gasteiger partial charge >= 0.3 is 0 Å². The number of halogens is 1. The molecule has 198 valence electrons. The zero-order valence-electron chi connectivity index (χ0n) is 21.1. The van der Waals surface area contributed by atoms with Crippen LogP contribution in [-0.2, 0) is 14.4 Å². The largest absolute Gasteiger partial charge is 0.396 e. The van der Waals surface area contributed by atoms with E-state index in [2.05, 4.69) is 6.08 Å². The molecule has 1 aromatic carbocycles. The maximum absolute atomic E-state index is 14.4. The average Bonchev–Trinajstić information content (AvgIpc) is 3.20. The second kappa shape index (κ2) is 10.8. The van der Waals surface area contributed by atoms with Gasteiger partial charge in [0.2, 0.25) is 11.8 Å². The average molecular weight is 544 g/mol. The summed E-state index contributed by atoms with van der Waals surface area (Å²) in [6.07, 6.45) is 11.0. The molecule has 4 aliphatic heterocycles. The Morgan fingerprint density at radius 1 is 1.03 bits per heavy atom. The summed E-state index contributed by atoms with van der Waals surface area (Å²) < 4.78 is -0.828. The zero-order chi connectivity index (χ0) is 26.2. The number of thioether (sulfide) groups is 1. The number of likely N-dealkylation sites (tertiary alicyclic amines) is 1. The summed E-state index contributed by atoms with van der Waals surface area (Å²) in [5, 5.41) is 9.55. The van der Waals surface area contributed by atoms with Gasteiger partial charge in [0, 0.05) is 38.0 Å². The lowest BCUT2D eigenvalue weighted by molar-refractivity contribution is -0.142. The minimum absolute atomic E-state index is 0.00788. The highest BCUT2D eigenvalue weighted by molar-refractivity contribution is 8.02. The van der Waals surface area contributed by atoms with Crippen molar-refractivity contribution in [2.45, 2.75) is 48.6 Å². The highest BCUT2D eigenvalue weighted by Gasteiger charge is 2.70. The van der Waals surface area contributed by atoms with Gasteiger partial charge in [0.25, 0.3) is 5.91 Å². The number of rotatable bonds is 8. The number of anilines is 1. The topological polar surface area (TPSA) is 81.2 Å². The standard InChI is InChI=1S/C28H34ClN3O4S/c1-2-14-30-15-8-12-21-22(25(30)34)23-26(35)32(16-6-3-7-18-33)24-27(36)31(17-9-13-28(23,24)37-21)20-11-5-4-10-19(20)29/h4-5,8-13,21-24,33H,2-3,6-7,14-18H2,1H3/t21-,22+,23-,24?,28-/m0/s1. The first-order chi connectivity index (χ1) is 17.9. The minimum Gasteiger partial charge on any atom is -0.396 e. The molecule has 2 fully saturated rings. The first kappa shape index (κ1) is 26.3. The molecule has 0 radical (unpaired) electrons. The number of fused-ring (bicyclic) bond motifs is 2. The third kappa shape index (κ3) is 4.41. The lowest BCUT2D eigenvalue weighted by Gasteiger charge is -2.35. The van der Waals surface area contributed by atoms with Gasteiger partial charge < -0.3 is 19.8 Å². The molecule has 9 heteroatoms. The van der Waals surface area contributed by atoms with Crippen LogP contribution in [0.3, 0.4) is 0 Å². The van der Waals surface area contributed by atoms with Crippen molar-refractivity contribution < 1.29 is 19.5 Å². The maximum atomic E-state index is 14.4. The molecule has 1 unspecified atom stereocenters. The smallest absolute Gasteiger partial charge is 0.251 e. The Bertz CT molecular complexity index is 1130. The van der Waals surface area contributed by atoms with Crippen LogP contribution in [0.1, 0.15) is 32.6 Å². The lowest BCUT2D eigenvalue weighted by Crippen LogP contribution is -2.53. The highest BCUT2D eigenvalue weighted by atomic mass is 35.5. The van der Waals surface area contributed by atoms with Crippen LogP contribution < -0.4 is 4.90 Å². The number of carbonyl (C=O) groups excluding carboxylic acids is 3. The Hall–Kier alpha value is -2.29. The summed E-state index contributed by atoms with van der Waals surface area (Å²) in [6, 6.07) is 6.54. The molecule has 0 aromatic heterocycles. The van der Waals surface area contributed by atoms with Crippen LogP contribution in [0.25, 0.3) is 0 Å². The number of unbranched alkanes of at least 4 members (excludes halogenated alkanes) is 2. The number of hydrogen-bond acceptors (Lipinski definition) is 5. The molecule has 1 N–H and O–H groups in total. The van der Waals surface area contributed by atoms with E-state index >= 15 is 0 Å². The van der Waals surface area contributed by atoms with E-state index in [4.69, 9.17) is 11.6 Å². The van der Waals surface area contributed by atoms with E-state index in [9.17, 15) is 19.5 Å². The number of carbonyl (C=O) groups is 3. The maximum Gasteiger partial charge on any atom is 0.251 e. The van der Waals surface area contributed by atoms with Crippen LogP contribution in [0, 0.1) is 11.8 Å². The van der Waals surface area contributed by atoms with E-state index in [0.29, 0.717) is 49.7 Å². The molecule has 7 nitrogen and oxygen atoms in total. The van der Waals surface area contributed by atoms with Crippen molar-refractivity contribution in [2.24, 2.45) is 11.8 Å².